The van der Waals surface area contributed by atoms with E-state index in [0.717, 1.165) is 57.3 Å². The summed E-state index contributed by atoms with van der Waals surface area (Å²) in [4.78, 5) is 9.46. The van der Waals surface area contributed by atoms with Crippen molar-refractivity contribution in [1.29, 1.82) is 0 Å². The Morgan fingerprint density at radius 2 is 1.64 bits per heavy atom. The molecule has 1 saturated heterocycles. The first-order chi connectivity index (χ1) is 12.2. The number of anilines is 2. The third-order valence-electron chi connectivity index (χ3n) is 4.41. The average molecular weight is 394 g/mol. The quantitative estimate of drug-likeness (QED) is 0.629. The second kappa shape index (κ2) is 6.90. The normalized spacial score (nSPS) is 15.0. The number of ether oxygens (including phenoxy) is 1. The van der Waals surface area contributed by atoms with Crippen molar-refractivity contribution in [2.24, 2.45) is 0 Å². The highest BCUT2D eigenvalue weighted by atomic mass is 35.5. The summed E-state index contributed by atoms with van der Waals surface area (Å²) in [6.07, 6.45) is 0. The second-order valence-electron chi connectivity index (χ2n) is 5.87. The van der Waals surface area contributed by atoms with E-state index in [4.69, 9.17) is 32.9 Å². The van der Waals surface area contributed by atoms with Crippen LogP contribution in [0.15, 0.2) is 36.4 Å². The first-order valence-electron chi connectivity index (χ1n) is 8.04. The Bertz CT molecular complexity index is 889. The lowest BCUT2D eigenvalue weighted by molar-refractivity contribution is 0.419. The van der Waals surface area contributed by atoms with Crippen molar-refractivity contribution in [2.45, 2.75) is 0 Å². The van der Waals surface area contributed by atoms with Gasteiger partial charge < -0.3 is 14.5 Å². The van der Waals surface area contributed by atoms with E-state index < -0.39 is 0 Å². The third-order valence-corrected chi connectivity index (χ3v) is 6.24. The Morgan fingerprint density at radius 3 is 2.32 bits per heavy atom. The molecule has 0 atom stereocenters. The van der Waals surface area contributed by atoms with Gasteiger partial charge in [-0.1, -0.05) is 34.5 Å². The monoisotopic (exact) mass is 393 g/mol. The van der Waals surface area contributed by atoms with E-state index in [0.29, 0.717) is 0 Å². The van der Waals surface area contributed by atoms with Gasteiger partial charge in [0.1, 0.15) is 11.3 Å². The molecule has 0 unspecified atom stereocenters. The number of thiazole rings is 1. The number of rotatable bonds is 3. The maximum atomic E-state index is 6.33. The molecule has 1 aromatic heterocycles. The Morgan fingerprint density at radius 1 is 0.960 bits per heavy atom. The van der Waals surface area contributed by atoms with Crippen LogP contribution in [0.5, 0.6) is 5.75 Å². The number of hydrogen-bond acceptors (Lipinski definition) is 5. The fourth-order valence-electron chi connectivity index (χ4n) is 3.05. The number of piperazine rings is 1. The number of hydrogen-bond donors (Lipinski definition) is 0. The fourth-order valence-corrected chi connectivity index (χ4v) is 4.48. The van der Waals surface area contributed by atoms with Crippen LogP contribution in [0.2, 0.25) is 10.0 Å². The smallest absolute Gasteiger partial charge is 0.186 e. The number of halogens is 2. The molecule has 0 spiro atoms. The maximum Gasteiger partial charge on any atom is 0.186 e. The molecular weight excluding hydrogens is 377 g/mol. The molecular formula is C18H17Cl2N3OS. The molecule has 4 nitrogen and oxygen atoms in total. The van der Waals surface area contributed by atoms with Crippen LogP contribution >= 0.6 is 34.5 Å². The van der Waals surface area contributed by atoms with Gasteiger partial charge in [0.2, 0.25) is 0 Å². The van der Waals surface area contributed by atoms with Gasteiger partial charge in [0, 0.05) is 36.9 Å². The van der Waals surface area contributed by atoms with Gasteiger partial charge in [-0.2, -0.15) is 0 Å². The van der Waals surface area contributed by atoms with Gasteiger partial charge in [0.05, 0.1) is 16.8 Å². The molecule has 0 aliphatic carbocycles. The molecule has 1 fully saturated rings. The van der Waals surface area contributed by atoms with E-state index in [1.165, 1.54) is 5.69 Å². The van der Waals surface area contributed by atoms with Crippen molar-refractivity contribution in [3.63, 3.8) is 0 Å². The van der Waals surface area contributed by atoms with E-state index in [1.807, 2.05) is 24.3 Å². The minimum Gasteiger partial charge on any atom is -0.494 e. The summed E-state index contributed by atoms with van der Waals surface area (Å²) in [5, 5.41) is 2.49. The molecule has 0 radical (unpaired) electrons. The van der Waals surface area contributed by atoms with Gasteiger partial charge in [-0.3, -0.25) is 0 Å². The van der Waals surface area contributed by atoms with E-state index in [2.05, 4.69) is 21.9 Å². The van der Waals surface area contributed by atoms with Crippen molar-refractivity contribution in [2.75, 3.05) is 43.1 Å². The average Bonchev–Trinajstić information content (AvgIpc) is 3.09. The molecule has 0 amide bonds. The van der Waals surface area contributed by atoms with Crippen molar-refractivity contribution in [3.05, 3.63) is 46.4 Å². The van der Waals surface area contributed by atoms with Crippen LogP contribution in [0.1, 0.15) is 0 Å². The van der Waals surface area contributed by atoms with Gasteiger partial charge in [0.15, 0.2) is 5.13 Å². The molecule has 2 heterocycles. The van der Waals surface area contributed by atoms with E-state index in [-0.39, 0.29) is 0 Å². The molecule has 130 valence electrons. The van der Waals surface area contributed by atoms with Gasteiger partial charge in [-0.05, 0) is 36.4 Å². The van der Waals surface area contributed by atoms with Crippen LogP contribution < -0.4 is 14.5 Å². The zero-order valence-electron chi connectivity index (χ0n) is 13.7. The molecule has 0 saturated carbocycles. The van der Waals surface area contributed by atoms with Crippen LogP contribution in [-0.2, 0) is 0 Å². The highest BCUT2D eigenvalue weighted by Crippen LogP contribution is 2.39. The number of benzene rings is 2. The lowest BCUT2D eigenvalue weighted by Gasteiger charge is -2.36. The standard InChI is InChI=1S/C18H17Cl2N3OS/c1-24-15-7-6-14(20)17-16(15)21-18(25-17)23-10-8-22(9-11-23)13-4-2-12(19)3-5-13/h2-7H,8-11H2,1H3. The number of aromatic nitrogens is 1. The molecule has 2 aromatic carbocycles. The minimum atomic E-state index is 0.722. The summed E-state index contributed by atoms with van der Waals surface area (Å²) in [6.45, 7) is 3.73. The predicted octanol–water partition coefficient (Wildman–Crippen LogP) is 4.94. The maximum absolute atomic E-state index is 6.33. The number of methoxy groups -OCH3 is 1. The molecule has 7 heteroatoms. The Balaban J connectivity index is 1.53. The first kappa shape index (κ1) is 16.8. The lowest BCUT2D eigenvalue weighted by atomic mass is 10.2. The summed E-state index contributed by atoms with van der Waals surface area (Å²) in [7, 11) is 1.66. The van der Waals surface area contributed by atoms with Crippen LogP contribution in [0, 0.1) is 0 Å². The van der Waals surface area contributed by atoms with Crippen LogP contribution in [0.25, 0.3) is 10.2 Å². The number of fused-ring (bicyclic) bond motifs is 1. The summed E-state index contributed by atoms with van der Waals surface area (Å²) in [6, 6.07) is 11.7. The molecule has 1 aliphatic rings. The van der Waals surface area contributed by atoms with Crippen molar-refractivity contribution in [1.82, 2.24) is 4.98 Å². The van der Waals surface area contributed by atoms with E-state index >= 15 is 0 Å². The highest BCUT2D eigenvalue weighted by molar-refractivity contribution is 7.22. The summed E-state index contributed by atoms with van der Waals surface area (Å²) in [5.41, 5.74) is 2.05. The van der Waals surface area contributed by atoms with Crippen molar-refractivity contribution in [3.8, 4) is 5.75 Å². The lowest BCUT2D eigenvalue weighted by Crippen LogP contribution is -2.46. The summed E-state index contributed by atoms with van der Waals surface area (Å²) < 4.78 is 6.40. The van der Waals surface area contributed by atoms with Crippen molar-refractivity contribution < 1.29 is 4.74 Å². The van der Waals surface area contributed by atoms with Gasteiger partial charge in [0.25, 0.3) is 0 Å². The van der Waals surface area contributed by atoms with E-state index in [9.17, 15) is 0 Å². The minimum absolute atomic E-state index is 0.722. The van der Waals surface area contributed by atoms with Gasteiger partial charge in [-0.25, -0.2) is 4.98 Å². The van der Waals surface area contributed by atoms with E-state index in [1.54, 1.807) is 18.4 Å². The zero-order valence-corrected chi connectivity index (χ0v) is 16.0. The fraction of sp³-hybridized carbons (Fsp3) is 0.278. The Labute approximate surface area is 160 Å². The Kier molecular flexibility index (Phi) is 4.63. The molecule has 0 N–H and O–H groups in total. The first-order valence-corrected chi connectivity index (χ1v) is 9.61. The molecule has 0 bridgehead atoms. The van der Waals surface area contributed by atoms with Crippen LogP contribution in [0.3, 0.4) is 0 Å². The molecule has 25 heavy (non-hydrogen) atoms. The molecule has 4 rings (SSSR count). The van der Waals surface area contributed by atoms with Crippen LogP contribution in [0.4, 0.5) is 10.8 Å². The molecule has 1 aliphatic heterocycles. The highest BCUT2D eigenvalue weighted by Gasteiger charge is 2.21. The second-order valence-corrected chi connectivity index (χ2v) is 7.70. The SMILES string of the molecule is COc1ccc(Cl)c2sc(N3CCN(c4ccc(Cl)cc4)CC3)nc12. The third kappa shape index (κ3) is 3.24. The molecule has 3 aromatic rings. The zero-order chi connectivity index (χ0) is 17.4. The topological polar surface area (TPSA) is 28.6 Å². The summed E-state index contributed by atoms with van der Waals surface area (Å²) in [5.74, 6) is 0.765. The predicted molar refractivity (Wildman–Crippen MR) is 107 cm³/mol. The van der Waals surface area contributed by atoms with Gasteiger partial charge in [-0.15, -0.1) is 0 Å². The van der Waals surface area contributed by atoms with Crippen LogP contribution in [-0.4, -0.2) is 38.3 Å². The summed E-state index contributed by atoms with van der Waals surface area (Å²) >= 11 is 13.9. The number of nitrogens with zero attached hydrogens (tertiary/aromatic N) is 3. The Hall–Kier alpha value is -1.69. The van der Waals surface area contributed by atoms with Gasteiger partial charge >= 0.3 is 0 Å². The largest absolute Gasteiger partial charge is 0.494 e. The van der Waals surface area contributed by atoms with Crippen molar-refractivity contribution >= 4 is 55.6 Å².